The normalized spacial score (nSPS) is 11.5. The standard InChI is InChI=1S/C16H20FNO4/c1-2-3-8-14(16(20)21)18-15(19)9-5-10-22-13-7-4-6-12(17)11-13/h2,4,6-7,11,14H,1,3,5,8-10H2,(H,18,19)(H,20,21). The zero-order valence-electron chi connectivity index (χ0n) is 12.3. The minimum absolute atomic E-state index is 0.146. The Morgan fingerprint density at radius 1 is 1.45 bits per heavy atom. The lowest BCUT2D eigenvalue weighted by Crippen LogP contribution is -2.40. The van der Waals surface area contributed by atoms with E-state index in [2.05, 4.69) is 11.9 Å². The number of rotatable bonds is 10. The Morgan fingerprint density at radius 2 is 2.23 bits per heavy atom. The third-order valence-corrected chi connectivity index (χ3v) is 2.91. The maximum absolute atomic E-state index is 12.9. The van der Waals surface area contributed by atoms with Crippen LogP contribution in [0.3, 0.4) is 0 Å². The van der Waals surface area contributed by atoms with Crippen molar-refractivity contribution < 1.29 is 23.8 Å². The van der Waals surface area contributed by atoms with Crippen LogP contribution >= 0.6 is 0 Å². The molecule has 0 aromatic heterocycles. The van der Waals surface area contributed by atoms with Crippen LogP contribution in [0.2, 0.25) is 0 Å². The van der Waals surface area contributed by atoms with Crippen molar-refractivity contribution in [3.05, 3.63) is 42.7 Å². The molecule has 0 fully saturated rings. The van der Waals surface area contributed by atoms with E-state index >= 15 is 0 Å². The summed E-state index contributed by atoms with van der Waals surface area (Å²) in [5.41, 5.74) is 0. The van der Waals surface area contributed by atoms with E-state index in [9.17, 15) is 14.0 Å². The smallest absolute Gasteiger partial charge is 0.326 e. The molecule has 1 rings (SSSR count). The molecular weight excluding hydrogens is 289 g/mol. The van der Waals surface area contributed by atoms with E-state index in [-0.39, 0.29) is 24.8 Å². The van der Waals surface area contributed by atoms with Crippen LogP contribution in [0.25, 0.3) is 0 Å². The van der Waals surface area contributed by atoms with Gasteiger partial charge < -0.3 is 15.2 Å². The second kappa shape index (κ2) is 9.55. The Hall–Kier alpha value is -2.37. The second-order valence-corrected chi connectivity index (χ2v) is 4.73. The van der Waals surface area contributed by atoms with Gasteiger partial charge in [-0.15, -0.1) is 6.58 Å². The largest absolute Gasteiger partial charge is 0.493 e. The van der Waals surface area contributed by atoms with Gasteiger partial charge in [0.15, 0.2) is 0 Å². The Labute approximate surface area is 128 Å². The number of hydrogen-bond acceptors (Lipinski definition) is 3. The molecule has 1 atom stereocenters. The zero-order chi connectivity index (χ0) is 16.4. The van der Waals surface area contributed by atoms with Crippen LogP contribution in [0.1, 0.15) is 25.7 Å². The maximum atomic E-state index is 12.9. The fourth-order valence-electron chi connectivity index (χ4n) is 1.79. The van der Waals surface area contributed by atoms with Crippen molar-refractivity contribution in [3.63, 3.8) is 0 Å². The van der Waals surface area contributed by atoms with Crippen molar-refractivity contribution in [2.75, 3.05) is 6.61 Å². The summed E-state index contributed by atoms with van der Waals surface area (Å²) in [5, 5.41) is 11.4. The highest BCUT2D eigenvalue weighted by Crippen LogP contribution is 2.12. The third kappa shape index (κ3) is 6.88. The summed E-state index contributed by atoms with van der Waals surface area (Å²) in [6.07, 6.45) is 2.99. The molecule has 5 nitrogen and oxygen atoms in total. The molecule has 0 heterocycles. The van der Waals surface area contributed by atoms with Crippen molar-refractivity contribution in [1.29, 1.82) is 0 Å². The number of nitrogens with one attached hydrogen (secondary N) is 1. The van der Waals surface area contributed by atoms with Crippen molar-refractivity contribution >= 4 is 11.9 Å². The molecule has 0 aliphatic heterocycles. The van der Waals surface area contributed by atoms with Crippen LogP contribution in [0, 0.1) is 5.82 Å². The molecule has 0 saturated heterocycles. The molecule has 0 aliphatic rings. The number of carbonyl (C=O) groups excluding carboxylic acids is 1. The van der Waals surface area contributed by atoms with Crippen molar-refractivity contribution in [3.8, 4) is 5.75 Å². The molecule has 0 bridgehead atoms. The molecule has 1 aromatic carbocycles. The van der Waals surface area contributed by atoms with Crippen LogP contribution in [-0.2, 0) is 9.59 Å². The quantitative estimate of drug-likeness (QED) is 0.514. The number of carboxylic acid groups (broad SMARTS) is 1. The molecule has 0 spiro atoms. The van der Waals surface area contributed by atoms with Gasteiger partial charge >= 0.3 is 5.97 Å². The van der Waals surface area contributed by atoms with E-state index in [4.69, 9.17) is 9.84 Å². The van der Waals surface area contributed by atoms with Crippen molar-refractivity contribution in [2.45, 2.75) is 31.7 Å². The number of benzene rings is 1. The molecule has 6 heteroatoms. The molecule has 1 aromatic rings. The highest BCUT2D eigenvalue weighted by molar-refractivity contribution is 5.83. The Bertz CT molecular complexity index is 519. The molecule has 120 valence electrons. The summed E-state index contributed by atoms with van der Waals surface area (Å²) in [6, 6.07) is 4.83. The minimum Gasteiger partial charge on any atom is -0.493 e. The van der Waals surface area contributed by atoms with Crippen LogP contribution in [-0.4, -0.2) is 29.6 Å². The van der Waals surface area contributed by atoms with E-state index in [1.54, 1.807) is 12.1 Å². The second-order valence-electron chi connectivity index (χ2n) is 4.73. The first kappa shape index (κ1) is 17.7. The van der Waals surface area contributed by atoms with Gasteiger partial charge in [-0.2, -0.15) is 0 Å². The molecule has 0 saturated carbocycles. The lowest BCUT2D eigenvalue weighted by Gasteiger charge is -2.13. The monoisotopic (exact) mass is 309 g/mol. The predicted octanol–water partition coefficient (Wildman–Crippen LogP) is 2.52. The van der Waals surface area contributed by atoms with Gasteiger partial charge in [0.05, 0.1) is 6.61 Å². The topological polar surface area (TPSA) is 75.6 Å². The molecule has 0 aliphatic carbocycles. The average Bonchev–Trinajstić information content (AvgIpc) is 2.47. The molecule has 22 heavy (non-hydrogen) atoms. The number of allylic oxidation sites excluding steroid dienone is 1. The van der Waals surface area contributed by atoms with E-state index in [0.717, 1.165) is 0 Å². The first-order chi connectivity index (χ1) is 10.5. The number of carboxylic acids is 1. The summed E-state index contributed by atoms with van der Waals surface area (Å²) in [5.74, 6) is -1.40. The molecule has 1 unspecified atom stereocenters. The average molecular weight is 309 g/mol. The van der Waals surface area contributed by atoms with Gasteiger partial charge in [-0.3, -0.25) is 4.79 Å². The summed E-state index contributed by atoms with van der Waals surface area (Å²) < 4.78 is 18.2. The van der Waals surface area contributed by atoms with E-state index in [1.165, 1.54) is 18.2 Å². The fourth-order valence-corrected chi connectivity index (χ4v) is 1.79. The lowest BCUT2D eigenvalue weighted by molar-refractivity contribution is -0.142. The maximum Gasteiger partial charge on any atom is 0.326 e. The summed E-state index contributed by atoms with van der Waals surface area (Å²) in [6.45, 7) is 3.77. The van der Waals surface area contributed by atoms with Crippen molar-refractivity contribution in [2.24, 2.45) is 0 Å². The fraction of sp³-hybridized carbons (Fsp3) is 0.375. The first-order valence-corrected chi connectivity index (χ1v) is 7.04. The predicted molar refractivity (Wildman–Crippen MR) is 80.1 cm³/mol. The van der Waals surface area contributed by atoms with Gasteiger partial charge in [0.1, 0.15) is 17.6 Å². The number of halogens is 1. The zero-order valence-corrected chi connectivity index (χ0v) is 12.3. The Balaban J connectivity index is 2.27. The van der Waals surface area contributed by atoms with E-state index in [0.29, 0.717) is 25.0 Å². The van der Waals surface area contributed by atoms with Gasteiger partial charge in [0.25, 0.3) is 0 Å². The molecular formula is C16H20FNO4. The third-order valence-electron chi connectivity index (χ3n) is 2.91. The highest BCUT2D eigenvalue weighted by Gasteiger charge is 2.18. The number of amides is 1. The molecule has 2 N–H and O–H groups in total. The Kier molecular flexibility index (Phi) is 7.67. The molecule has 0 radical (unpaired) electrons. The van der Waals surface area contributed by atoms with Crippen LogP contribution in [0.15, 0.2) is 36.9 Å². The van der Waals surface area contributed by atoms with Gasteiger partial charge in [-0.05, 0) is 31.4 Å². The van der Waals surface area contributed by atoms with Gasteiger partial charge in [-0.1, -0.05) is 12.1 Å². The van der Waals surface area contributed by atoms with E-state index in [1.807, 2.05) is 0 Å². The van der Waals surface area contributed by atoms with Gasteiger partial charge in [0, 0.05) is 12.5 Å². The minimum atomic E-state index is -1.06. The number of hydrogen-bond donors (Lipinski definition) is 2. The Morgan fingerprint density at radius 3 is 2.86 bits per heavy atom. The van der Waals surface area contributed by atoms with Gasteiger partial charge in [0.2, 0.25) is 5.91 Å². The van der Waals surface area contributed by atoms with Crippen LogP contribution in [0.4, 0.5) is 4.39 Å². The number of aliphatic carboxylic acids is 1. The summed E-state index contributed by atoms with van der Waals surface area (Å²) >= 11 is 0. The highest BCUT2D eigenvalue weighted by atomic mass is 19.1. The summed E-state index contributed by atoms with van der Waals surface area (Å²) in [7, 11) is 0. The first-order valence-electron chi connectivity index (χ1n) is 7.04. The van der Waals surface area contributed by atoms with Crippen LogP contribution < -0.4 is 10.1 Å². The number of carbonyl (C=O) groups is 2. The van der Waals surface area contributed by atoms with Crippen LogP contribution in [0.5, 0.6) is 5.75 Å². The SMILES string of the molecule is C=CCCC(NC(=O)CCCOc1cccc(F)c1)C(=O)O. The lowest BCUT2D eigenvalue weighted by atomic mass is 10.1. The van der Waals surface area contributed by atoms with Gasteiger partial charge in [-0.25, -0.2) is 9.18 Å². The van der Waals surface area contributed by atoms with Crippen molar-refractivity contribution in [1.82, 2.24) is 5.32 Å². The van der Waals surface area contributed by atoms with E-state index < -0.39 is 12.0 Å². The molecule has 1 amide bonds. The summed E-state index contributed by atoms with van der Waals surface area (Å²) in [4.78, 5) is 22.6. The number of ether oxygens (including phenoxy) is 1.